The van der Waals surface area contributed by atoms with Gasteiger partial charge in [-0.3, -0.25) is 4.79 Å². The number of hydrogen-bond acceptors (Lipinski definition) is 2. The van der Waals surface area contributed by atoms with Crippen LogP contribution in [0.2, 0.25) is 0 Å². The normalized spacial score (nSPS) is 10.2. The molecule has 3 heteroatoms. The predicted octanol–water partition coefficient (Wildman–Crippen LogP) is 0.498. The van der Waals surface area contributed by atoms with Crippen molar-refractivity contribution in [3.05, 3.63) is 23.8 Å². The molecular weight excluding hydrogens is 128 g/mol. The van der Waals surface area contributed by atoms with Crippen LogP contribution in [0.25, 0.3) is 0 Å². The lowest BCUT2D eigenvalue weighted by molar-refractivity contribution is -0.114. The smallest absolute Gasteiger partial charge is 0.244 e. The molecule has 0 saturated carbocycles. The Bertz CT molecular complexity index is 232. The first kappa shape index (κ1) is 8.44. The number of nitrogens with zero attached hydrogens (tertiary/aromatic N) is 1. The molecule has 0 aliphatic rings. The summed E-state index contributed by atoms with van der Waals surface area (Å²) in [5.74, 6) is -0.531. The first-order chi connectivity index (χ1) is 4.57. The summed E-state index contributed by atoms with van der Waals surface area (Å²) in [5, 5.41) is 8.22. The van der Waals surface area contributed by atoms with Gasteiger partial charge in [0.05, 0.1) is 6.07 Å². The van der Waals surface area contributed by atoms with E-state index in [-0.39, 0.29) is 5.57 Å². The van der Waals surface area contributed by atoms with Crippen molar-refractivity contribution in [2.75, 3.05) is 0 Å². The predicted molar refractivity (Wildman–Crippen MR) is 37.7 cm³/mol. The Hall–Kier alpha value is -1.56. The molecule has 0 aliphatic carbocycles. The molecule has 0 unspecified atom stereocenters. The molecule has 1 amide bonds. The summed E-state index contributed by atoms with van der Waals surface area (Å²) in [5.41, 5.74) is 5.45. The molecule has 0 aromatic carbocycles. The second-order valence-corrected chi connectivity index (χ2v) is 1.83. The second-order valence-electron chi connectivity index (χ2n) is 1.83. The molecule has 0 atom stereocenters. The van der Waals surface area contributed by atoms with Gasteiger partial charge >= 0.3 is 0 Å². The molecule has 0 rings (SSSR count). The molecule has 0 heterocycles. The molecule has 2 N–H and O–H groups in total. The van der Waals surface area contributed by atoms with E-state index in [1.165, 1.54) is 13.0 Å². The molecule has 52 valence electrons. The van der Waals surface area contributed by atoms with E-state index in [0.717, 1.165) is 0 Å². The number of primary amides is 1. The fourth-order valence-corrected chi connectivity index (χ4v) is 0.365. The number of hydrogen-bond donors (Lipinski definition) is 1. The van der Waals surface area contributed by atoms with Crippen LogP contribution in [-0.4, -0.2) is 5.91 Å². The van der Waals surface area contributed by atoms with E-state index >= 15 is 0 Å². The van der Waals surface area contributed by atoms with Crippen LogP contribution in [0.3, 0.4) is 0 Å². The zero-order valence-corrected chi connectivity index (χ0v) is 5.72. The van der Waals surface area contributed by atoms with Crippen molar-refractivity contribution in [1.82, 2.24) is 0 Å². The van der Waals surface area contributed by atoms with Crippen molar-refractivity contribution >= 4 is 5.91 Å². The van der Waals surface area contributed by atoms with Crippen LogP contribution >= 0.6 is 0 Å². The van der Waals surface area contributed by atoms with Gasteiger partial charge in [-0.25, -0.2) is 0 Å². The highest BCUT2D eigenvalue weighted by Crippen LogP contribution is 1.96. The van der Waals surface area contributed by atoms with Crippen LogP contribution in [-0.2, 0) is 4.79 Å². The molecule has 0 saturated heterocycles. The van der Waals surface area contributed by atoms with Crippen molar-refractivity contribution in [2.45, 2.75) is 6.92 Å². The molecule has 0 fully saturated rings. The van der Waals surface area contributed by atoms with Crippen molar-refractivity contribution in [2.24, 2.45) is 5.73 Å². The lowest BCUT2D eigenvalue weighted by Crippen LogP contribution is -2.11. The van der Waals surface area contributed by atoms with Crippen molar-refractivity contribution in [1.29, 1.82) is 5.26 Å². The van der Waals surface area contributed by atoms with Gasteiger partial charge in [0.2, 0.25) is 5.91 Å². The van der Waals surface area contributed by atoms with Crippen LogP contribution in [0.1, 0.15) is 6.92 Å². The average Bonchev–Trinajstić information content (AvgIpc) is 1.87. The van der Waals surface area contributed by atoms with Crippen LogP contribution in [0.5, 0.6) is 0 Å². The fraction of sp³-hybridized carbons (Fsp3) is 0.143. The van der Waals surface area contributed by atoms with E-state index in [2.05, 4.69) is 6.58 Å². The number of carbonyl (C=O) groups excluding carboxylic acids is 1. The Morgan fingerprint density at radius 2 is 2.30 bits per heavy atom. The minimum atomic E-state index is -0.531. The topological polar surface area (TPSA) is 66.9 Å². The first-order valence-corrected chi connectivity index (χ1v) is 2.65. The Morgan fingerprint density at radius 1 is 1.80 bits per heavy atom. The van der Waals surface area contributed by atoms with Crippen LogP contribution < -0.4 is 5.73 Å². The van der Waals surface area contributed by atoms with Gasteiger partial charge in [0, 0.05) is 11.1 Å². The number of carbonyl (C=O) groups is 1. The van der Waals surface area contributed by atoms with Crippen molar-refractivity contribution in [3.63, 3.8) is 0 Å². The van der Waals surface area contributed by atoms with Crippen LogP contribution in [0.15, 0.2) is 23.8 Å². The third-order valence-corrected chi connectivity index (χ3v) is 0.923. The maximum absolute atomic E-state index is 10.4. The van der Waals surface area contributed by atoms with Gasteiger partial charge in [0.1, 0.15) is 0 Å². The number of allylic oxidation sites excluding steroid dienone is 2. The Balaban J connectivity index is 4.35. The average molecular weight is 136 g/mol. The Morgan fingerprint density at radius 3 is 2.60 bits per heavy atom. The van der Waals surface area contributed by atoms with Crippen LogP contribution in [0.4, 0.5) is 0 Å². The lowest BCUT2D eigenvalue weighted by atomic mass is 10.2. The summed E-state index contributed by atoms with van der Waals surface area (Å²) in [7, 11) is 0. The summed E-state index contributed by atoms with van der Waals surface area (Å²) < 4.78 is 0. The lowest BCUT2D eigenvalue weighted by Gasteiger charge is -1.89. The standard InChI is InChI=1S/C7H8N2O/c1-5(4-8)3-6(2)7(9)10/h3H,1H2,2H3,(H2,9,10)/b6-3-. The second kappa shape index (κ2) is 3.46. The zero-order chi connectivity index (χ0) is 8.15. The summed E-state index contributed by atoms with van der Waals surface area (Å²) >= 11 is 0. The van der Waals surface area contributed by atoms with Gasteiger partial charge in [-0.2, -0.15) is 5.26 Å². The highest BCUT2D eigenvalue weighted by atomic mass is 16.1. The number of nitriles is 1. The maximum atomic E-state index is 10.4. The largest absolute Gasteiger partial charge is 0.366 e. The molecule has 0 radical (unpaired) electrons. The molecule has 0 aromatic rings. The van der Waals surface area contributed by atoms with E-state index in [0.29, 0.717) is 5.57 Å². The molecule has 0 bridgehead atoms. The first-order valence-electron chi connectivity index (χ1n) is 2.65. The van der Waals surface area contributed by atoms with E-state index in [9.17, 15) is 4.79 Å². The van der Waals surface area contributed by atoms with Gasteiger partial charge < -0.3 is 5.73 Å². The van der Waals surface area contributed by atoms with Crippen LogP contribution in [0, 0.1) is 11.3 Å². The Kier molecular flexibility index (Phi) is 2.92. The Labute approximate surface area is 59.4 Å². The van der Waals surface area contributed by atoms with Gasteiger partial charge in [-0.1, -0.05) is 6.58 Å². The summed E-state index contributed by atoms with van der Waals surface area (Å²) in [4.78, 5) is 10.4. The van der Waals surface area contributed by atoms with Gasteiger partial charge in [-0.05, 0) is 13.0 Å². The monoisotopic (exact) mass is 136 g/mol. The van der Waals surface area contributed by atoms with E-state index in [1.807, 2.05) is 0 Å². The van der Waals surface area contributed by atoms with E-state index in [4.69, 9.17) is 11.0 Å². The molecule has 0 aromatic heterocycles. The third kappa shape index (κ3) is 2.68. The molecule has 0 aliphatic heterocycles. The fourth-order valence-electron chi connectivity index (χ4n) is 0.365. The molecule has 10 heavy (non-hydrogen) atoms. The van der Waals surface area contributed by atoms with Crippen molar-refractivity contribution in [3.8, 4) is 6.07 Å². The number of amides is 1. The zero-order valence-electron chi connectivity index (χ0n) is 5.72. The highest BCUT2D eigenvalue weighted by Gasteiger charge is 1.95. The minimum Gasteiger partial charge on any atom is -0.366 e. The summed E-state index contributed by atoms with van der Waals surface area (Å²) in [6.45, 7) is 4.88. The SMILES string of the molecule is C=C(C#N)/C=C(/C)C(N)=O. The highest BCUT2D eigenvalue weighted by molar-refractivity contribution is 5.91. The summed E-state index contributed by atoms with van der Waals surface area (Å²) in [6.07, 6.45) is 1.35. The molecule has 0 spiro atoms. The quantitative estimate of drug-likeness (QED) is 0.341. The van der Waals surface area contributed by atoms with Crippen molar-refractivity contribution < 1.29 is 4.79 Å². The minimum absolute atomic E-state index is 0.233. The maximum Gasteiger partial charge on any atom is 0.244 e. The van der Waals surface area contributed by atoms with Gasteiger partial charge in [-0.15, -0.1) is 0 Å². The number of rotatable bonds is 2. The van der Waals surface area contributed by atoms with E-state index < -0.39 is 5.91 Å². The third-order valence-electron chi connectivity index (χ3n) is 0.923. The molecule has 3 nitrogen and oxygen atoms in total. The van der Waals surface area contributed by atoms with Gasteiger partial charge in [0.25, 0.3) is 0 Å². The van der Waals surface area contributed by atoms with Gasteiger partial charge in [0.15, 0.2) is 0 Å². The molecular formula is C7H8N2O. The summed E-state index contributed by atoms with van der Waals surface area (Å²) in [6, 6.07) is 1.77. The van der Waals surface area contributed by atoms with E-state index in [1.54, 1.807) is 6.07 Å². The number of nitrogens with two attached hydrogens (primary N) is 1.